The quantitative estimate of drug-likeness (QED) is 0.288. The molecule has 0 rings (SSSR count). The van der Waals surface area contributed by atoms with Crippen molar-refractivity contribution in [2.45, 2.75) is 19.3 Å². The summed E-state index contributed by atoms with van der Waals surface area (Å²) in [5, 5.41) is 2.37. The van der Waals surface area contributed by atoms with E-state index >= 15 is 0 Å². The summed E-state index contributed by atoms with van der Waals surface area (Å²) >= 11 is 4.45. The number of hydrogen-bond acceptors (Lipinski definition) is 2. The summed E-state index contributed by atoms with van der Waals surface area (Å²) in [6.07, 6.45) is 3.69. The standard InChI is InChI=1S/C8H16N2S.ClH/c1-10(2)7-5-3-4-6-9-8-11;/h3-7H2,1-2H3;1H. The van der Waals surface area contributed by atoms with Crippen LogP contribution in [-0.2, 0) is 0 Å². The third kappa shape index (κ3) is 12.7. The van der Waals surface area contributed by atoms with Gasteiger partial charge in [0.25, 0.3) is 0 Å². The molecule has 4 heteroatoms. The topological polar surface area (TPSA) is 16.8 Å². The SMILES string of the molecule is C[NH+](C)CCCCCN=C=S.[Cl-]. The molecule has 1 N–H and O–H groups in total. The number of unbranched alkanes of at least 4 members (excludes halogenated alkanes) is 2. The van der Waals surface area contributed by atoms with Crippen LogP contribution in [0.1, 0.15) is 19.3 Å². The number of thiocarbonyl (C=S) groups is 1. The first-order valence-corrected chi connectivity index (χ1v) is 4.51. The molecule has 0 aliphatic carbocycles. The number of isothiocyanates is 1. The van der Waals surface area contributed by atoms with E-state index in [0.717, 1.165) is 13.0 Å². The van der Waals surface area contributed by atoms with Crippen LogP contribution in [-0.4, -0.2) is 32.3 Å². The van der Waals surface area contributed by atoms with Crippen LogP contribution in [0.25, 0.3) is 0 Å². The van der Waals surface area contributed by atoms with Crippen LogP contribution in [0.15, 0.2) is 4.99 Å². The maximum absolute atomic E-state index is 4.45. The van der Waals surface area contributed by atoms with Gasteiger partial charge in [-0.15, -0.1) is 0 Å². The third-order valence-corrected chi connectivity index (χ3v) is 1.64. The molecule has 0 radical (unpaired) electrons. The predicted molar refractivity (Wildman–Crippen MR) is 51.4 cm³/mol. The minimum Gasteiger partial charge on any atom is -1.00 e. The fraction of sp³-hybridized carbons (Fsp3) is 0.875. The van der Waals surface area contributed by atoms with Gasteiger partial charge in [0.15, 0.2) is 0 Å². The first-order chi connectivity index (χ1) is 5.27. The lowest BCUT2D eigenvalue weighted by molar-refractivity contribution is -0.858. The van der Waals surface area contributed by atoms with Crippen LogP contribution in [0.5, 0.6) is 0 Å². The van der Waals surface area contributed by atoms with Gasteiger partial charge in [0, 0.05) is 6.54 Å². The minimum atomic E-state index is 0. The van der Waals surface area contributed by atoms with Crippen LogP contribution in [0, 0.1) is 0 Å². The highest BCUT2D eigenvalue weighted by Gasteiger charge is 1.92. The first kappa shape index (κ1) is 14.6. The fourth-order valence-corrected chi connectivity index (χ4v) is 0.983. The minimum absolute atomic E-state index is 0. The normalized spacial score (nSPS) is 8.92. The Morgan fingerprint density at radius 3 is 2.42 bits per heavy atom. The summed E-state index contributed by atoms with van der Waals surface area (Å²) in [4.78, 5) is 5.36. The summed E-state index contributed by atoms with van der Waals surface area (Å²) in [6.45, 7) is 2.10. The average Bonchev–Trinajstić information content (AvgIpc) is 1.96. The lowest BCUT2D eigenvalue weighted by Crippen LogP contribution is -3.05. The molecule has 0 unspecified atom stereocenters. The van der Waals surface area contributed by atoms with Gasteiger partial charge in [-0.2, -0.15) is 0 Å². The van der Waals surface area contributed by atoms with Crippen LogP contribution < -0.4 is 17.3 Å². The summed E-state index contributed by atoms with van der Waals surface area (Å²) in [5.74, 6) is 0. The molecule has 0 spiro atoms. The molecule has 0 fully saturated rings. The van der Waals surface area contributed by atoms with Crippen molar-refractivity contribution in [3.8, 4) is 0 Å². The average molecular weight is 209 g/mol. The molecule has 0 saturated carbocycles. The van der Waals surface area contributed by atoms with Gasteiger partial charge in [0.1, 0.15) is 0 Å². The van der Waals surface area contributed by atoms with Crippen LogP contribution >= 0.6 is 12.2 Å². The van der Waals surface area contributed by atoms with E-state index in [4.69, 9.17) is 0 Å². The summed E-state index contributed by atoms with van der Waals surface area (Å²) in [5.41, 5.74) is 0. The Hall–Kier alpha value is 0.0500. The Kier molecular flexibility index (Phi) is 13.4. The lowest BCUT2D eigenvalue weighted by atomic mass is 10.2. The van der Waals surface area contributed by atoms with Crippen LogP contribution in [0.4, 0.5) is 0 Å². The van der Waals surface area contributed by atoms with Crippen molar-refractivity contribution in [2.75, 3.05) is 27.2 Å². The zero-order valence-electron chi connectivity index (χ0n) is 7.77. The molecule has 0 amide bonds. The number of nitrogens with zero attached hydrogens (tertiary/aromatic N) is 1. The number of hydrogen-bond donors (Lipinski definition) is 1. The Morgan fingerprint density at radius 2 is 1.92 bits per heavy atom. The molecule has 0 aliphatic heterocycles. The van der Waals surface area contributed by atoms with E-state index in [0.29, 0.717) is 0 Å². The number of quaternary nitrogens is 1. The number of nitrogens with one attached hydrogen (secondary N) is 1. The molecule has 0 aromatic rings. The molecule has 0 saturated heterocycles. The Morgan fingerprint density at radius 1 is 1.25 bits per heavy atom. The van der Waals surface area contributed by atoms with E-state index in [1.807, 2.05) is 0 Å². The highest BCUT2D eigenvalue weighted by molar-refractivity contribution is 7.78. The zero-order chi connectivity index (χ0) is 8.53. The van der Waals surface area contributed by atoms with Gasteiger partial charge in [0.05, 0.1) is 25.8 Å². The van der Waals surface area contributed by atoms with Crippen molar-refractivity contribution < 1.29 is 17.3 Å². The van der Waals surface area contributed by atoms with E-state index in [1.54, 1.807) is 0 Å². The van der Waals surface area contributed by atoms with Gasteiger partial charge < -0.3 is 17.3 Å². The highest BCUT2D eigenvalue weighted by atomic mass is 35.5. The van der Waals surface area contributed by atoms with Gasteiger partial charge >= 0.3 is 0 Å². The number of rotatable bonds is 6. The van der Waals surface area contributed by atoms with Gasteiger partial charge in [-0.05, 0) is 31.5 Å². The number of halogens is 1. The molecule has 0 atom stereocenters. The van der Waals surface area contributed by atoms with Crippen LogP contribution in [0.2, 0.25) is 0 Å². The number of aliphatic imine (C=N–C) groups is 1. The largest absolute Gasteiger partial charge is 1.00 e. The van der Waals surface area contributed by atoms with E-state index in [-0.39, 0.29) is 12.4 Å². The maximum Gasteiger partial charge on any atom is 0.0766 e. The Bertz CT molecular complexity index is 133. The Balaban J connectivity index is 0. The molecule has 0 heterocycles. The molecule has 0 aliphatic rings. The molecule has 72 valence electrons. The second kappa shape index (κ2) is 11.1. The monoisotopic (exact) mass is 208 g/mol. The summed E-state index contributed by atoms with van der Waals surface area (Å²) in [6, 6.07) is 0. The molecule has 0 bridgehead atoms. The molecule has 12 heavy (non-hydrogen) atoms. The first-order valence-electron chi connectivity index (χ1n) is 4.10. The summed E-state index contributed by atoms with van der Waals surface area (Å²) < 4.78 is 0. The molecule has 2 nitrogen and oxygen atoms in total. The molecular weight excluding hydrogens is 192 g/mol. The molecular formula is C8H17ClN2S. The third-order valence-electron chi connectivity index (χ3n) is 1.51. The fourth-order valence-electron chi connectivity index (χ4n) is 0.892. The van der Waals surface area contributed by atoms with Crippen LogP contribution in [0.3, 0.4) is 0 Å². The van der Waals surface area contributed by atoms with Gasteiger partial charge in [-0.3, -0.25) is 0 Å². The molecule has 0 aromatic carbocycles. The smallest absolute Gasteiger partial charge is 0.0766 e. The summed E-state index contributed by atoms with van der Waals surface area (Å²) in [7, 11) is 4.35. The zero-order valence-corrected chi connectivity index (χ0v) is 9.34. The highest BCUT2D eigenvalue weighted by Crippen LogP contribution is 1.92. The maximum atomic E-state index is 4.45. The van der Waals surface area contributed by atoms with Crippen molar-refractivity contribution in [1.82, 2.24) is 0 Å². The van der Waals surface area contributed by atoms with Crippen molar-refractivity contribution in [2.24, 2.45) is 4.99 Å². The van der Waals surface area contributed by atoms with E-state index in [1.165, 1.54) is 24.3 Å². The van der Waals surface area contributed by atoms with E-state index in [9.17, 15) is 0 Å². The van der Waals surface area contributed by atoms with E-state index in [2.05, 4.69) is 36.5 Å². The van der Waals surface area contributed by atoms with Crippen molar-refractivity contribution in [3.63, 3.8) is 0 Å². The molecule has 0 aromatic heterocycles. The van der Waals surface area contributed by atoms with Gasteiger partial charge in [0.2, 0.25) is 0 Å². The van der Waals surface area contributed by atoms with Crippen molar-refractivity contribution in [3.05, 3.63) is 0 Å². The Labute approximate surface area is 86.5 Å². The lowest BCUT2D eigenvalue weighted by Gasteiger charge is -2.05. The van der Waals surface area contributed by atoms with Crippen molar-refractivity contribution >= 4 is 17.4 Å². The van der Waals surface area contributed by atoms with E-state index < -0.39 is 0 Å². The van der Waals surface area contributed by atoms with Gasteiger partial charge in [-0.1, -0.05) is 0 Å². The van der Waals surface area contributed by atoms with Crippen molar-refractivity contribution in [1.29, 1.82) is 0 Å². The predicted octanol–water partition coefficient (Wildman–Crippen LogP) is -2.59. The van der Waals surface area contributed by atoms with Gasteiger partial charge in [-0.25, -0.2) is 4.99 Å². The second-order valence-corrected chi connectivity index (χ2v) is 3.17. The second-order valence-electron chi connectivity index (χ2n) is 2.99.